The molecule has 5 nitrogen and oxygen atoms in total. The standard InChI is InChI=1S/C27H23BrCl2N2O3/c1-3-17-8-10-20(11-9-17)32-27(33)19(15-31)12-18-13-22(28)26(25(14-18)34-4-2)35-16-21-23(29)6-5-7-24(21)30/h5-14H,3-4,16H2,1-2H3,(H,32,33)/b19-12-. The summed E-state index contributed by atoms with van der Waals surface area (Å²) in [7, 11) is 0. The molecule has 0 bridgehead atoms. The highest BCUT2D eigenvalue weighted by molar-refractivity contribution is 9.10. The van der Waals surface area contributed by atoms with Gasteiger partial charge in [0.2, 0.25) is 0 Å². The molecule has 1 amide bonds. The summed E-state index contributed by atoms with van der Waals surface area (Å²) in [4.78, 5) is 12.7. The van der Waals surface area contributed by atoms with E-state index < -0.39 is 5.91 Å². The van der Waals surface area contributed by atoms with E-state index in [4.69, 9.17) is 32.7 Å². The normalized spacial score (nSPS) is 11.0. The number of anilines is 1. The summed E-state index contributed by atoms with van der Waals surface area (Å²) in [5.74, 6) is 0.405. The van der Waals surface area contributed by atoms with E-state index in [1.54, 1.807) is 30.3 Å². The van der Waals surface area contributed by atoms with Crippen LogP contribution in [0.25, 0.3) is 6.08 Å². The number of hydrogen-bond acceptors (Lipinski definition) is 4. The van der Waals surface area contributed by atoms with E-state index in [0.717, 1.165) is 12.0 Å². The third-order valence-corrected chi connectivity index (χ3v) is 6.35. The van der Waals surface area contributed by atoms with Crippen molar-refractivity contribution < 1.29 is 14.3 Å². The van der Waals surface area contributed by atoms with Gasteiger partial charge in [0, 0.05) is 21.3 Å². The molecule has 8 heteroatoms. The first-order chi connectivity index (χ1) is 16.9. The number of benzene rings is 3. The molecule has 0 saturated carbocycles. The number of nitriles is 1. The van der Waals surface area contributed by atoms with E-state index in [1.165, 1.54) is 6.08 Å². The molecule has 3 aromatic carbocycles. The molecule has 3 rings (SSSR count). The number of carbonyl (C=O) groups excluding carboxylic acids is 1. The van der Waals surface area contributed by atoms with Crippen molar-refractivity contribution in [2.45, 2.75) is 26.9 Å². The van der Waals surface area contributed by atoms with Gasteiger partial charge in [0.05, 0.1) is 11.1 Å². The van der Waals surface area contributed by atoms with Gasteiger partial charge in [-0.2, -0.15) is 5.26 Å². The van der Waals surface area contributed by atoms with Crippen LogP contribution in [0.3, 0.4) is 0 Å². The molecule has 0 aliphatic carbocycles. The Morgan fingerprint density at radius 3 is 2.37 bits per heavy atom. The molecule has 0 heterocycles. The van der Waals surface area contributed by atoms with Gasteiger partial charge in [-0.25, -0.2) is 0 Å². The van der Waals surface area contributed by atoms with Crippen molar-refractivity contribution in [3.8, 4) is 17.6 Å². The largest absolute Gasteiger partial charge is 0.490 e. The fourth-order valence-corrected chi connectivity index (χ4v) is 4.31. The molecule has 0 atom stereocenters. The van der Waals surface area contributed by atoms with E-state index in [1.807, 2.05) is 37.3 Å². The van der Waals surface area contributed by atoms with Crippen molar-refractivity contribution in [3.63, 3.8) is 0 Å². The van der Waals surface area contributed by atoms with Crippen LogP contribution in [0.15, 0.2) is 64.6 Å². The van der Waals surface area contributed by atoms with E-state index in [2.05, 4.69) is 28.2 Å². The molecule has 1 N–H and O–H groups in total. The molecule has 0 aliphatic heterocycles. The minimum absolute atomic E-state index is 0.0459. The van der Waals surface area contributed by atoms with Gasteiger partial charge < -0.3 is 14.8 Å². The third kappa shape index (κ3) is 7.02. The van der Waals surface area contributed by atoms with Crippen LogP contribution in [-0.2, 0) is 17.8 Å². The first-order valence-electron chi connectivity index (χ1n) is 10.9. The molecular formula is C27H23BrCl2N2O3. The Hall–Kier alpha value is -2.98. The molecule has 180 valence electrons. The quantitative estimate of drug-likeness (QED) is 0.209. The zero-order valence-corrected chi connectivity index (χ0v) is 22.3. The number of rotatable bonds is 9. The van der Waals surface area contributed by atoms with Crippen LogP contribution in [0.2, 0.25) is 10.0 Å². The summed E-state index contributed by atoms with van der Waals surface area (Å²) >= 11 is 16.0. The van der Waals surface area contributed by atoms with Crippen molar-refractivity contribution in [3.05, 3.63) is 91.4 Å². The lowest BCUT2D eigenvalue weighted by Crippen LogP contribution is -2.13. The van der Waals surface area contributed by atoms with Crippen molar-refractivity contribution in [1.29, 1.82) is 5.26 Å². The van der Waals surface area contributed by atoms with Gasteiger partial charge in [-0.05, 0) is 82.9 Å². The summed E-state index contributed by atoms with van der Waals surface area (Å²) in [5, 5.41) is 13.4. The van der Waals surface area contributed by atoms with Gasteiger partial charge in [0.25, 0.3) is 5.91 Å². The molecule has 0 unspecified atom stereocenters. The molecule has 35 heavy (non-hydrogen) atoms. The van der Waals surface area contributed by atoms with Gasteiger partial charge in [0.1, 0.15) is 18.2 Å². The Kier molecular flexibility index (Phi) is 9.62. The van der Waals surface area contributed by atoms with E-state index >= 15 is 0 Å². The summed E-state index contributed by atoms with van der Waals surface area (Å²) in [6.45, 7) is 4.43. The average Bonchev–Trinajstić information content (AvgIpc) is 2.84. The Balaban J connectivity index is 1.85. The van der Waals surface area contributed by atoms with Crippen molar-refractivity contribution in [2.24, 2.45) is 0 Å². The summed E-state index contributed by atoms with van der Waals surface area (Å²) in [6, 6.07) is 18.2. The minimum atomic E-state index is -0.500. The Morgan fingerprint density at radius 2 is 1.77 bits per heavy atom. The molecule has 0 aromatic heterocycles. The Morgan fingerprint density at radius 1 is 1.09 bits per heavy atom. The lowest BCUT2D eigenvalue weighted by Gasteiger charge is -2.16. The van der Waals surface area contributed by atoms with Gasteiger partial charge in [-0.3, -0.25) is 4.79 Å². The fraction of sp³-hybridized carbons (Fsp3) is 0.185. The fourth-order valence-electron chi connectivity index (χ4n) is 3.23. The lowest BCUT2D eigenvalue weighted by atomic mass is 10.1. The Bertz CT molecular complexity index is 1260. The van der Waals surface area contributed by atoms with Gasteiger partial charge in [-0.15, -0.1) is 0 Å². The average molecular weight is 574 g/mol. The summed E-state index contributed by atoms with van der Waals surface area (Å²) < 4.78 is 12.3. The number of nitrogens with zero attached hydrogens (tertiary/aromatic N) is 1. The van der Waals surface area contributed by atoms with Crippen molar-refractivity contribution >= 4 is 56.8 Å². The molecule has 0 radical (unpaired) electrons. The monoisotopic (exact) mass is 572 g/mol. The van der Waals surface area contributed by atoms with Crippen molar-refractivity contribution in [1.82, 2.24) is 0 Å². The second-order valence-corrected chi connectivity index (χ2v) is 9.10. The van der Waals surface area contributed by atoms with E-state index in [-0.39, 0.29) is 12.2 Å². The van der Waals surface area contributed by atoms with Crippen LogP contribution in [0.4, 0.5) is 5.69 Å². The molecular weight excluding hydrogens is 551 g/mol. The van der Waals surface area contributed by atoms with Crippen LogP contribution in [0, 0.1) is 11.3 Å². The number of amides is 1. The predicted molar refractivity (Wildman–Crippen MR) is 144 cm³/mol. The molecule has 0 aliphatic rings. The first-order valence-corrected chi connectivity index (χ1v) is 12.4. The van der Waals surface area contributed by atoms with Crippen LogP contribution in [0.1, 0.15) is 30.5 Å². The number of carbonyl (C=O) groups is 1. The first kappa shape index (κ1) is 26.6. The van der Waals surface area contributed by atoms with E-state index in [0.29, 0.717) is 49.4 Å². The number of halogens is 3. The van der Waals surface area contributed by atoms with Crippen LogP contribution >= 0.6 is 39.1 Å². The Labute approximate surface area is 223 Å². The predicted octanol–water partition coefficient (Wildman–Crippen LogP) is 7.84. The third-order valence-electron chi connectivity index (χ3n) is 5.05. The maximum atomic E-state index is 12.7. The number of nitrogens with one attached hydrogen (secondary N) is 1. The van der Waals surface area contributed by atoms with Gasteiger partial charge in [-0.1, -0.05) is 48.3 Å². The number of aryl methyl sites for hydroxylation is 1. The smallest absolute Gasteiger partial charge is 0.266 e. The summed E-state index contributed by atoms with van der Waals surface area (Å²) in [6.07, 6.45) is 2.40. The van der Waals surface area contributed by atoms with Crippen molar-refractivity contribution in [2.75, 3.05) is 11.9 Å². The van der Waals surface area contributed by atoms with Crippen LogP contribution < -0.4 is 14.8 Å². The highest BCUT2D eigenvalue weighted by Gasteiger charge is 2.16. The van der Waals surface area contributed by atoms with Gasteiger partial charge in [0.15, 0.2) is 11.5 Å². The topological polar surface area (TPSA) is 71.3 Å². The summed E-state index contributed by atoms with van der Waals surface area (Å²) in [5.41, 5.74) is 2.98. The second-order valence-electron chi connectivity index (χ2n) is 7.43. The second kappa shape index (κ2) is 12.6. The maximum absolute atomic E-state index is 12.7. The molecule has 0 saturated heterocycles. The number of ether oxygens (including phenoxy) is 2. The molecule has 0 fully saturated rings. The van der Waals surface area contributed by atoms with Gasteiger partial charge >= 0.3 is 0 Å². The molecule has 0 spiro atoms. The van der Waals surface area contributed by atoms with E-state index in [9.17, 15) is 10.1 Å². The number of hydrogen-bond donors (Lipinski definition) is 1. The lowest BCUT2D eigenvalue weighted by molar-refractivity contribution is -0.112. The molecule has 3 aromatic rings. The minimum Gasteiger partial charge on any atom is -0.490 e. The highest BCUT2D eigenvalue weighted by Crippen LogP contribution is 2.39. The highest BCUT2D eigenvalue weighted by atomic mass is 79.9. The zero-order chi connectivity index (χ0) is 25.4. The SMILES string of the molecule is CCOc1cc(/C=C(/C#N)C(=O)Nc2ccc(CC)cc2)cc(Br)c1OCc1c(Cl)cccc1Cl. The van der Waals surface area contributed by atoms with Crippen LogP contribution in [0.5, 0.6) is 11.5 Å². The maximum Gasteiger partial charge on any atom is 0.266 e. The zero-order valence-electron chi connectivity index (χ0n) is 19.2. The van der Waals surface area contributed by atoms with Crippen LogP contribution in [-0.4, -0.2) is 12.5 Å².